The highest BCUT2D eigenvalue weighted by Gasteiger charge is 2.67. The number of allylic oxidation sites excluding steroid dienone is 2. The van der Waals surface area contributed by atoms with E-state index >= 15 is 0 Å². The first-order valence-electron chi connectivity index (χ1n) is 7.08. The van der Waals surface area contributed by atoms with Crippen molar-refractivity contribution < 1.29 is 4.79 Å². The van der Waals surface area contributed by atoms with Crippen LogP contribution in [0.2, 0.25) is 0 Å². The number of nitrogens with zero attached hydrogens (tertiary/aromatic N) is 1. The van der Waals surface area contributed by atoms with Crippen LogP contribution in [0.1, 0.15) is 43.1 Å². The molecular formula is C17H19NO. The van der Waals surface area contributed by atoms with Gasteiger partial charge in [-0.1, -0.05) is 24.3 Å². The summed E-state index contributed by atoms with van der Waals surface area (Å²) in [4.78, 5) is 14.8. The van der Waals surface area contributed by atoms with E-state index in [1.54, 1.807) is 0 Å². The fourth-order valence-corrected chi connectivity index (χ4v) is 4.02. The van der Waals surface area contributed by atoms with E-state index in [1.807, 2.05) is 18.2 Å². The van der Waals surface area contributed by atoms with Crippen LogP contribution < -0.4 is 0 Å². The lowest BCUT2D eigenvalue weighted by Gasteiger charge is -2.39. The van der Waals surface area contributed by atoms with Gasteiger partial charge in [-0.2, -0.15) is 0 Å². The highest BCUT2D eigenvalue weighted by Crippen LogP contribution is 2.67. The minimum Gasteiger partial charge on any atom is -0.369 e. The Balaban J connectivity index is 1.91. The lowest BCUT2D eigenvalue weighted by molar-refractivity contribution is 0.103. The molecule has 98 valence electrons. The van der Waals surface area contributed by atoms with Crippen molar-refractivity contribution in [1.29, 1.82) is 0 Å². The van der Waals surface area contributed by atoms with Gasteiger partial charge in [-0.25, -0.2) is 0 Å². The molecule has 3 aliphatic rings. The standard InChI is InChI=1S/C17H19NO/c1-16(2,3)18-10-11-9-17(11)13-7-5-4-6-12(13)14(19)8-15(17)18/h4-8,11H,9-10H2,1-3H3. The molecular weight excluding hydrogens is 234 g/mol. The number of likely N-dealkylation sites (tertiary alicyclic amines) is 1. The molecule has 2 aliphatic carbocycles. The quantitative estimate of drug-likeness (QED) is 0.708. The van der Waals surface area contributed by atoms with Crippen molar-refractivity contribution >= 4 is 5.78 Å². The topological polar surface area (TPSA) is 20.3 Å². The molecule has 2 fully saturated rings. The van der Waals surface area contributed by atoms with Gasteiger partial charge in [0.2, 0.25) is 0 Å². The van der Waals surface area contributed by atoms with Crippen molar-refractivity contribution in [3.05, 3.63) is 47.2 Å². The fourth-order valence-electron chi connectivity index (χ4n) is 4.02. The normalized spacial score (nSPS) is 31.5. The Hall–Kier alpha value is -1.57. The highest BCUT2D eigenvalue weighted by atomic mass is 16.1. The number of benzene rings is 1. The van der Waals surface area contributed by atoms with Crippen LogP contribution in [0.3, 0.4) is 0 Å². The Bertz CT molecular complexity index is 622. The molecule has 0 aromatic heterocycles. The average Bonchev–Trinajstić information content (AvgIpc) is 2.98. The number of piperidine rings is 1. The van der Waals surface area contributed by atoms with E-state index < -0.39 is 0 Å². The van der Waals surface area contributed by atoms with Crippen LogP contribution in [0.25, 0.3) is 0 Å². The molecule has 1 spiro atoms. The maximum absolute atomic E-state index is 12.4. The van der Waals surface area contributed by atoms with Gasteiger partial charge in [-0.15, -0.1) is 0 Å². The monoisotopic (exact) mass is 253 g/mol. The summed E-state index contributed by atoms with van der Waals surface area (Å²) < 4.78 is 0. The molecule has 1 heterocycles. The summed E-state index contributed by atoms with van der Waals surface area (Å²) in [6, 6.07) is 8.18. The molecule has 2 atom stereocenters. The summed E-state index contributed by atoms with van der Waals surface area (Å²) in [5, 5.41) is 0. The number of hydrogen-bond donors (Lipinski definition) is 0. The van der Waals surface area contributed by atoms with Crippen molar-refractivity contribution in [2.24, 2.45) is 5.92 Å². The third-order valence-corrected chi connectivity index (χ3v) is 5.01. The Morgan fingerprint density at radius 3 is 2.74 bits per heavy atom. The number of hydrogen-bond acceptors (Lipinski definition) is 2. The molecule has 0 bridgehead atoms. The van der Waals surface area contributed by atoms with Crippen LogP contribution in [0.4, 0.5) is 0 Å². The molecule has 19 heavy (non-hydrogen) atoms. The molecule has 1 saturated heterocycles. The second kappa shape index (κ2) is 3.12. The zero-order chi connectivity index (χ0) is 13.4. The van der Waals surface area contributed by atoms with Crippen molar-refractivity contribution in [3.8, 4) is 0 Å². The molecule has 1 aliphatic heterocycles. The van der Waals surface area contributed by atoms with E-state index in [9.17, 15) is 4.79 Å². The maximum Gasteiger partial charge on any atom is 0.187 e. The van der Waals surface area contributed by atoms with Gasteiger partial charge in [0.25, 0.3) is 0 Å². The lowest BCUT2D eigenvalue weighted by Crippen LogP contribution is -2.41. The van der Waals surface area contributed by atoms with Crippen LogP contribution in [0.15, 0.2) is 36.0 Å². The van der Waals surface area contributed by atoms with Crippen LogP contribution >= 0.6 is 0 Å². The summed E-state index contributed by atoms with van der Waals surface area (Å²) in [6.45, 7) is 7.79. The number of carbonyl (C=O) groups excluding carboxylic acids is 1. The van der Waals surface area contributed by atoms with Crippen molar-refractivity contribution in [1.82, 2.24) is 4.90 Å². The Morgan fingerprint density at radius 1 is 1.26 bits per heavy atom. The van der Waals surface area contributed by atoms with Gasteiger partial charge in [0.1, 0.15) is 0 Å². The van der Waals surface area contributed by atoms with E-state index in [0.717, 1.165) is 12.1 Å². The lowest BCUT2D eigenvalue weighted by atomic mass is 9.81. The minimum atomic E-state index is 0.0960. The van der Waals surface area contributed by atoms with Gasteiger partial charge >= 0.3 is 0 Å². The molecule has 0 N–H and O–H groups in total. The van der Waals surface area contributed by atoms with Gasteiger partial charge in [-0.05, 0) is 38.7 Å². The molecule has 4 rings (SSSR count). The third kappa shape index (κ3) is 1.24. The average molecular weight is 253 g/mol. The molecule has 2 heteroatoms. The van der Waals surface area contributed by atoms with Crippen LogP contribution in [0, 0.1) is 5.92 Å². The highest BCUT2D eigenvalue weighted by molar-refractivity contribution is 6.08. The number of ketones is 1. The van der Waals surface area contributed by atoms with E-state index in [4.69, 9.17) is 0 Å². The first-order valence-corrected chi connectivity index (χ1v) is 7.08. The molecule has 0 amide bonds. The van der Waals surface area contributed by atoms with Gasteiger partial charge < -0.3 is 4.90 Å². The first-order chi connectivity index (χ1) is 8.94. The first kappa shape index (κ1) is 11.3. The summed E-state index contributed by atoms with van der Waals surface area (Å²) in [6.07, 6.45) is 3.12. The molecule has 1 aromatic rings. The fraction of sp³-hybridized carbons (Fsp3) is 0.471. The van der Waals surface area contributed by atoms with Gasteiger partial charge in [0, 0.05) is 34.8 Å². The predicted molar refractivity (Wildman–Crippen MR) is 75.1 cm³/mol. The van der Waals surface area contributed by atoms with Gasteiger partial charge in [-0.3, -0.25) is 4.79 Å². The van der Waals surface area contributed by atoms with E-state index in [0.29, 0.717) is 5.92 Å². The number of carbonyl (C=O) groups is 1. The molecule has 0 radical (unpaired) electrons. The second-order valence-electron chi connectivity index (χ2n) is 7.09. The Labute approximate surface area is 114 Å². The summed E-state index contributed by atoms with van der Waals surface area (Å²) in [7, 11) is 0. The van der Waals surface area contributed by atoms with Crippen molar-refractivity contribution in [3.63, 3.8) is 0 Å². The van der Waals surface area contributed by atoms with E-state index in [2.05, 4.69) is 37.8 Å². The van der Waals surface area contributed by atoms with Crippen molar-refractivity contribution in [2.75, 3.05) is 6.54 Å². The van der Waals surface area contributed by atoms with Gasteiger partial charge in [0.05, 0.1) is 0 Å². The number of fused-ring (bicyclic) bond motifs is 1. The van der Waals surface area contributed by atoms with E-state index in [-0.39, 0.29) is 16.7 Å². The van der Waals surface area contributed by atoms with Crippen LogP contribution in [-0.4, -0.2) is 22.8 Å². The third-order valence-electron chi connectivity index (χ3n) is 5.01. The maximum atomic E-state index is 12.4. The zero-order valence-corrected chi connectivity index (χ0v) is 11.7. The van der Waals surface area contributed by atoms with E-state index in [1.165, 1.54) is 17.7 Å². The molecule has 1 aromatic carbocycles. The summed E-state index contributed by atoms with van der Waals surface area (Å²) >= 11 is 0. The van der Waals surface area contributed by atoms with Gasteiger partial charge in [0.15, 0.2) is 5.78 Å². The molecule has 2 unspecified atom stereocenters. The van der Waals surface area contributed by atoms with Crippen molar-refractivity contribution in [2.45, 2.75) is 38.1 Å². The molecule has 1 saturated carbocycles. The molecule has 2 nitrogen and oxygen atoms in total. The minimum absolute atomic E-state index is 0.0960. The zero-order valence-electron chi connectivity index (χ0n) is 11.7. The van der Waals surface area contributed by atoms with Crippen LogP contribution in [0.5, 0.6) is 0 Å². The number of rotatable bonds is 0. The largest absolute Gasteiger partial charge is 0.369 e. The smallest absolute Gasteiger partial charge is 0.187 e. The second-order valence-corrected chi connectivity index (χ2v) is 7.09. The summed E-state index contributed by atoms with van der Waals surface area (Å²) in [5.74, 6) is 0.880. The Morgan fingerprint density at radius 2 is 2.00 bits per heavy atom. The SMILES string of the molecule is CC(C)(C)N1CC2CC23C1=CC(=O)c1ccccc13. The summed E-state index contributed by atoms with van der Waals surface area (Å²) in [5.41, 5.74) is 3.73. The Kier molecular flexibility index (Phi) is 1.85. The van der Waals surface area contributed by atoms with Crippen LogP contribution in [-0.2, 0) is 5.41 Å². The predicted octanol–water partition coefficient (Wildman–Crippen LogP) is 3.14.